The second-order valence-corrected chi connectivity index (χ2v) is 7.95. The molecule has 1 N–H and O–H groups in total. The number of Topliss-reactive ketones (excluding diaryl/α,β-unsaturated/α-hetero) is 1. The van der Waals surface area contributed by atoms with Crippen LogP contribution in [0.1, 0.15) is 89.2 Å². The Morgan fingerprint density at radius 2 is 1.43 bits per heavy atom. The Kier molecular flexibility index (Phi) is 5.25. The molecule has 0 aromatic heterocycles. The summed E-state index contributed by atoms with van der Waals surface area (Å²) < 4.78 is 0. The molecule has 2 heteroatoms. The van der Waals surface area contributed by atoms with Gasteiger partial charge in [-0.25, -0.2) is 0 Å². The van der Waals surface area contributed by atoms with E-state index in [2.05, 4.69) is 48.5 Å². The van der Waals surface area contributed by atoms with Crippen molar-refractivity contribution < 1.29 is 9.90 Å². The minimum absolute atomic E-state index is 0.174. The minimum Gasteiger partial charge on any atom is -0.507 e. The Bertz CT molecular complexity index is 478. The number of carbonyl (C=O) groups excluding carboxylic acids is 1. The summed E-state index contributed by atoms with van der Waals surface area (Å²) >= 11 is 0. The number of phenols is 1. The Balaban J connectivity index is 3.44. The van der Waals surface area contributed by atoms with Gasteiger partial charge in [0.1, 0.15) is 5.75 Å². The fourth-order valence-electron chi connectivity index (χ4n) is 2.42. The van der Waals surface area contributed by atoms with Crippen LogP contribution in [0.5, 0.6) is 5.75 Å². The van der Waals surface area contributed by atoms with Crippen molar-refractivity contribution in [2.45, 2.75) is 78.6 Å². The number of benzene rings is 1. The zero-order valence-corrected chi connectivity index (χ0v) is 14.6. The van der Waals surface area contributed by atoms with E-state index < -0.39 is 0 Å². The van der Waals surface area contributed by atoms with Gasteiger partial charge in [0, 0.05) is 23.1 Å². The smallest absolute Gasteiger partial charge is 0.162 e. The van der Waals surface area contributed by atoms with E-state index in [0.717, 1.165) is 29.5 Å². The van der Waals surface area contributed by atoms with Gasteiger partial charge in [-0.1, -0.05) is 54.9 Å². The van der Waals surface area contributed by atoms with Gasteiger partial charge in [0.15, 0.2) is 5.78 Å². The molecule has 0 aliphatic heterocycles. The Hall–Kier alpha value is -1.31. The molecule has 0 saturated carbocycles. The maximum atomic E-state index is 12.4. The van der Waals surface area contributed by atoms with E-state index in [1.807, 2.05) is 12.1 Å². The standard InChI is InChI=1S/C19H30O2/c1-8-9-10-16(20)13-11-14(18(2,3)4)17(21)15(12-13)19(5,6)7/h11-12,21H,8-10H2,1-7H3. The number of hydrogen-bond acceptors (Lipinski definition) is 2. The number of carbonyl (C=O) groups is 1. The first-order valence-electron chi connectivity index (χ1n) is 7.89. The lowest BCUT2D eigenvalue weighted by atomic mass is 9.78. The maximum Gasteiger partial charge on any atom is 0.162 e. The highest BCUT2D eigenvalue weighted by Crippen LogP contribution is 2.40. The molecule has 0 atom stereocenters. The third-order valence-electron chi connectivity index (χ3n) is 3.81. The summed E-state index contributed by atoms with van der Waals surface area (Å²) in [5, 5.41) is 10.6. The molecule has 21 heavy (non-hydrogen) atoms. The van der Waals surface area contributed by atoms with Crippen LogP contribution in [0.25, 0.3) is 0 Å². The number of unbranched alkanes of at least 4 members (excludes halogenated alkanes) is 1. The average molecular weight is 290 g/mol. The Morgan fingerprint density at radius 1 is 1.00 bits per heavy atom. The first kappa shape index (κ1) is 17.7. The van der Waals surface area contributed by atoms with Crippen molar-refractivity contribution in [2.75, 3.05) is 0 Å². The third kappa shape index (κ3) is 4.33. The molecule has 1 aromatic carbocycles. The molecule has 0 radical (unpaired) electrons. The lowest BCUT2D eigenvalue weighted by molar-refractivity contribution is 0.0979. The molecule has 0 heterocycles. The van der Waals surface area contributed by atoms with E-state index in [-0.39, 0.29) is 16.6 Å². The van der Waals surface area contributed by atoms with Crippen molar-refractivity contribution in [2.24, 2.45) is 0 Å². The van der Waals surface area contributed by atoms with Crippen LogP contribution in [0, 0.1) is 0 Å². The summed E-state index contributed by atoms with van der Waals surface area (Å²) in [5.74, 6) is 0.509. The molecule has 0 fully saturated rings. The van der Waals surface area contributed by atoms with Gasteiger partial charge in [-0.05, 0) is 29.4 Å². The molecule has 0 bridgehead atoms. The maximum absolute atomic E-state index is 12.4. The SMILES string of the molecule is CCCCC(=O)c1cc(C(C)(C)C)c(O)c(C(C)(C)C)c1. The summed E-state index contributed by atoms with van der Waals surface area (Å²) in [6.45, 7) is 14.5. The molecule has 118 valence electrons. The molecule has 0 saturated heterocycles. The monoisotopic (exact) mass is 290 g/mol. The van der Waals surface area contributed by atoms with Gasteiger partial charge in [0.2, 0.25) is 0 Å². The van der Waals surface area contributed by atoms with E-state index in [9.17, 15) is 9.90 Å². The third-order valence-corrected chi connectivity index (χ3v) is 3.81. The summed E-state index contributed by atoms with van der Waals surface area (Å²) in [4.78, 5) is 12.4. The first-order valence-corrected chi connectivity index (χ1v) is 7.89. The summed E-state index contributed by atoms with van der Waals surface area (Å²) in [7, 11) is 0. The zero-order chi connectivity index (χ0) is 16.4. The van der Waals surface area contributed by atoms with Crippen molar-refractivity contribution in [3.8, 4) is 5.75 Å². The van der Waals surface area contributed by atoms with Crippen LogP contribution in [0.3, 0.4) is 0 Å². The number of ketones is 1. The molecule has 0 spiro atoms. The van der Waals surface area contributed by atoms with Crippen molar-refractivity contribution in [1.82, 2.24) is 0 Å². The molecule has 1 aromatic rings. The Morgan fingerprint density at radius 3 is 1.76 bits per heavy atom. The molecule has 0 amide bonds. The quantitative estimate of drug-likeness (QED) is 0.758. The Labute approximate surface area is 129 Å². The van der Waals surface area contributed by atoms with Gasteiger partial charge in [-0.3, -0.25) is 4.79 Å². The molecule has 0 aliphatic carbocycles. The highest BCUT2D eigenvalue weighted by molar-refractivity contribution is 5.96. The summed E-state index contributed by atoms with van der Waals surface area (Å²) in [6, 6.07) is 3.76. The molecular formula is C19H30O2. The van der Waals surface area contributed by atoms with Crippen molar-refractivity contribution in [3.05, 3.63) is 28.8 Å². The van der Waals surface area contributed by atoms with Gasteiger partial charge in [0.25, 0.3) is 0 Å². The topological polar surface area (TPSA) is 37.3 Å². The summed E-state index contributed by atoms with van der Waals surface area (Å²) in [6.07, 6.45) is 2.51. The molecule has 0 unspecified atom stereocenters. The number of aromatic hydroxyl groups is 1. The van der Waals surface area contributed by atoms with Crippen LogP contribution in [0.4, 0.5) is 0 Å². The van der Waals surface area contributed by atoms with Crippen LogP contribution >= 0.6 is 0 Å². The van der Waals surface area contributed by atoms with Crippen LogP contribution in [-0.4, -0.2) is 10.9 Å². The van der Waals surface area contributed by atoms with Gasteiger partial charge in [-0.15, -0.1) is 0 Å². The van der Waals surface area contributed by atoms with Gasteiger partial charge < -0.3 is 5.11 Å². The van der Waals surface area contributed by atoms with Gasteiger partial charge in [-0.2, -0.15) is 0 Å². The van der Waals surface area contributed by atoms with E-state index in [4.69, 9.17) is 0 Å². The van der Waals surface area contributed by atoms with Crippen LogP contribution in [-0.2, 0) is 10.8 Å². The predicted octanol–water partition coefficient (Wildman–Crippen LogP) is 5.36. The van der Waals surface area contributed by atoms with Crippen molar-refractivity contribution in [3.63, 3.8) is 0 Å². The first-order chi connectivity index (χ1) is 9.48. The average Bonchev–Trinajstić information content (AvgIpc) is 2.33. The zero-order valence-electron chi connectivity index (χ0n) is 14.6. The van der Waals surface area contributed by atoms with Crippen LogP contribution in [0.15, 0.2) is 12.1 Å². The van der Waals surface area contributed by atoms with E-state index in [1.54, 1.807) is 0 Å². The van der Waals surface area contributed by atoms with Gasteiger partial charge >= 0.3 is 0 Å². The largest absolute Gasteiger partial charge is 0.507 e. The lowest BCUT2D eigenvalue weighted by Crippen LogP contribution is -2.18. The number of phenolic OH excluding ortho intramolecular Hbond substituents is 1. The second-order valence-electron chi connectivity index (χ2n) is 7.95. The van der Waals surface area contributed by atoms with Gasteiger partial charge in [0.05, 0.1) is 0 Å². The van der Waals surface area contributed by atoms with E-state index in [0.29, 0.717) is 12.2 Å². The number of hydrogen-bond donors (Lipinski definition) is 1. The minimum atomic E-state index is -0.189. The molecule has 2 nitrogen and oxygen atoms in total. The fourth-order valence-corrected chi connectivity index (χ4v) is 2.42. The molecule has 1 rings (SSSR count). The van der Waals surface area contributed by atoms with E-state index in [1.165, 1.54) is 0 Å². The number of rotatable bonds is 4. The fraction of sp³-hybridized carbons (Fsp3) is 0.632. The predicted molar refractivity (Wildman–Crippen MR) is 89.4 cm³/mol. The second kappa shape index (κ2) is 6.21. The highest BCUT2D eigenvalue weighted by Gasteiger charge is 2.27. The van der Waals surface area contributed by atoms with Crippen LogP contribution < -0.4 is 0 Å². The highest BCUT2D eigenvalue weighted by atomic mass is 16.3. The molecule has 0 aliphatic rings. The molecular weight excluding hydrogens is 260 g/mol. The normalized spacial score (nSPS) is 12.5. The van der Waals surface area contributed by atoms with Crippen molar-refractivity contribution >= 4 is 5.78 Å². The van der Waals surface area contributed by atoms with E-state index >= 15 is 0 Å². The summed E-state index contributed by atoms with van der Waals surface area (Å²) in [5.41, 5.74) is 2.07. The lowest BCUT2D eigenvalue weighted by Gasteiger charge is -2.28. The van der Waals surface area contributed by atoms with Crippen molar-refractivity contribution in [1.29, 1.82) is 0 Å². The van der Waals surface area contributed by atoms with Crippen LogP contribution in [0.2, 0.25) is 0 Å².